The Bertz CT molecular complexity index is 492. The lowest BCUT2D eigenvalue weighted by atomic mass is 10.0. The fourth-order valence-corrected chi connectivity index (χ4v) is 1.80. The van der Waals surface area contributed by atoms with E-state index in [9.17, 15) is 0 Å². The standard InChI is InChI=1S/C16H17N/c1-3-4-5-8-13(2)15-12-11-14-9-6-7-10-16(14)17-15/h3-12,15,17H,2H2,1H3/b4-3-,8-5-. The Labute approximate surface area is 103 Å². The first-order valence-electron chi connectivity index (χ1n) is 5.83. The van der Waals surface area contributed by atoms with Gasteiger partial charge < -0.3 is 5.32 Å². The van der Waals surface area contributed by atoms with E-state index < -0.39 is 0 Å². The van der Waals surface area contributed by atoms with Crippen LogP contribution in [0.1, 0.15) is 12.5 Å². The van der Waals surface area contributed by atoms with Gasteiger partial charge in [0.05, 0.1) is 6.04 Å². The number of hydrogen-bond acceptors (Lipinski definition) is 1. The fraction of sp³-hybridized carbons (Fsp3) is 0.125. The smallest absolute Gasteiger partial charge is 0.0695 e. The minimum Gasteiger partial charge on any atom is -0.374 e. The normalized spacial score (nSPS) is 18.3. The number of rotatable bonds is 3. The Morgan fingerprint density at radius 1 is 1.29 bits per heavy atom. The van der Waals surface area contributed by atoms with Gasteiger partial charge in [-0.2, -0.15) is 0 Å². The molecule has 2 rings (SSSR count). The molecule has 1 heterocycles. The molecule has 0 aromatic heterocycles. The molecule has 0 saturated carbocycles. The van der Waals surface area contributed by atoms with Crippen LogP contribution in [0.2, 0.25) is 0 Å². The van der Waals surface area contributed by atoms with Gasteiger partial charge in [0.25, 0.3) is 0 Å². The summed E-state index contributed by atoms with van der Waals surface area (Å²) in [7, 11) is 0. The van der Waals surface area contributed by atoms with Crippen LogP contribution in [0.15, 0.2) is 66.8 Å². The maximum atomic E-state index is 4.09. The lowest BCUT2D eigenvalue weighted by molar-refractivity contribution is 1.05. The second kappa shape index (κ2) is 5.35. The van der Waals surface area contributed by atoms with Crippen molar-refractivity contribution < 1.29 is 0 Å². The molecule has 86 valence electrons. The summed E-state index contributed by atoms with van der Waals surface area (Å²) in [5.41, 5.74) is 3.46. The van der Waals surface area contributed by atoms with Crippen LogP contribution < -0.4 is 5.32 Å². The molecule has 1 heteroatoms. The van der Waals surface area contributed by atoms with Crippen LogP contribution in [-0.2, 0) is 0 Å². The van der Waals surface area contributed by atoms with Crippen molar-refractivity contribution in [2.24, 2.45) is 0 Å². The first-order chi connectivity index (χ1) is 8.31. The highest BCUT2D eigenvalue weighted by Crippen LogP contribution is 2.24. The highest BCUT2D eigenvalue weighted by Gasteiger charge is 2.12. The molecule has 1 N–H and O–H groups in total. The molecular formula is C16H17N. The van der Waals surface area contributed by atoms with E-state index in [4.69, 9.17) is 0 Å². The van der Waals surface area contributed by atoms with E-state index in [2.05, 4.69) is 36.2 Å². The first-order valence-corrected chi connectivity index (χ1v) is 5.83. The minimum absolute atomic E-state index is 0.186. The molecule has 0 radical (unpaired) electrons. The van der Waals surface area contributed by atoms with Gasteiger partial charge in [0.2, 0.25) is 0 Å². The largest absolute Gasteiger partial charge is 0.374 e. The van der Waals surface area contributed by atoms with Crippen LogP contribution in [0.25, 0.3) is 6.08 Å². The Hall–Kier alpha value is -2.02. The predicted octanol–water partition coefficient (Wildman–Crippen LogP) is 4.18. The third-order valence-electron chi connectivity index (χ3n) is 2.75. The number of benzene rings is 1. The number of hydrogen-bond donors (Lipinski definition) is 1. The SMILES string of the molecule is C=C(/C=C\C=C/C)C1C=Cc2ccccc2N1. The molecule has 1 nitrogen and oxygen atoms in total. The van der Waals surface area contributed by atoms with Crippen LogP contribution in [-0.4, -0.2) is 6.04 Å². The van der Waals surface area contributed by atoms with Crippen molar-refractivity contribution in [2.75, 3.05) is 5.32 Å². The molecule has 0 fully saturated rings. The second-order valence-corrected chi connectivity index (χ2v) is 4.03. The molecule has 0 spiro atoms. The van der Waals surface area contributed by atoms with Gasteiger partial charge in [0.1, 0.15) is 0 Å². The van der Waals surface area contributed by atoms with E-state index >= 15 is 0 Å². The van der Waals surface area contributed by atoms with Gasteiger partial charge in [-0.15, -0.1) is 0 Å². The van der Waals surface area contributed by atoms with Crippen LogP contribution in [0.3, 0.4) is 0 Å². The number of nitrogens with one attached hydrogen (secondary N) is 1. The zero-order chi connectivity index (χ0) is 12.1. The average Bonchev–Trinajstić information content (AvgIpc) is 2.38. The molecule has 1 unspecified atom stereocenters. The zero-order valence-corrected chi connectivity index (χ0v) is 10.1. The van der Waals surface area contributed by atoms with Crippen molar-refractivity contribution in [3.63, 3.8) is 0 Å². The fourth-order valence-electron chi connectivity index (χ4n) is 1.80. The summed E-state index contributed by atoms with van der Waals surface area (Å²) < 4.78 is 0. The van der Waals surface area contributed by atoms with Crippen molar-refractivity contribution in [1.29, 1.82) is 0 Å². The Morgan fingerprint density at radius 2 is 2.12 bits per heavy atom. The van der Waals surface area contributed by atoms with E-state index in [0.717, 1.165) is 5.57 Å². The predicted molar refractivity (Wildman–Crippen MR) is 76.0 cm³/mol. The van der Waals surface area contributed by atoms with Gasteiger partial charge in [-0.3, -0.25) is 0 Å². The van der Waals surface area contributed by atoms with Crippen LogP contribution in [0, 0.1) is 0 Å². The van der Waals surface area contributed by atoms with E-state index in [-0.39, 0.29) is 6.04 Å². The quantitative estimate of drug-likeness (QED) is 0.758. The van der Waals surface area contributed by atoms with Crippen molar-refractivity contribution in [1.82, 2.24) is 0 Å². The minimum atomic E-state index is 0.186. The van der Waals surface area contributed by atoms with Crippen molar-refractivity contribution >= 4 is 11.8 Å². The lowest BCUT2D eigenvalue weighted by Gasteiger charge is -2.22. The summed E-state index contributed by atoms with van der Waals surface area (Å²) in [5.74, 6) is 0. The Balaban J connectivity index is 2.10. The summed E-state index contributed by atoms with van der Waals surface area (Å²) in [6, 6.07) is 8.47. The summed E-state index contributed by atoms with van der Waals surface area (Å²) in [6.45, 7) is 6.09. The van der Waals surface area contributed by atoms with Crippen LogP contribution >= 0.6 is 0 Å². The maximum absolute atomic E-state index is 4.09. The molecule has 0 saturated heterocycles. The van der Waals surface area contributed by atoms with Crippen LogP contribution in [0.4, 0.5) is 5.69 Å². The highest BCUT2D eigenvalue weighted by atomic mass is 14.9. The van der Waals surface area contributed by atoms with Crippen molar-refractivity contribution in [2.45, 2.75) is 13.0 Å². The van der Waals surface area contributed by atoms with Gasteiger partial charge in [-0.05, 0) is 24.1 Å². The average molecular weight is 223 g/mol. The van der Waals surface area contributed by atoms with E-state index in [0.29, 0.717) is 0 Å². The van der Waals surface area contributed by atoms with Crippen molar-refractivity contribution in [3.8, 4) is 0 Å². The molecule has 1 aromatic carbocycles. The summed E-state index contributed by atoms with van der Waals surface area (Å²) >= 11 is 0. The molecule has 0 bridgehead atoms. The molecule has 1 aromatic rings. The summed E-state index contributed by atoms with van der Waals surface area (Å²) in [4.78, 5) is 0. The molecule has 1 atom stereocenters. The first kappa shape index (κ1) is 11.5. The van der Waals surface area contributed by atoms with E-state index in [1.807, 2.05) is 43.4 Å². The number of anilines is 1. The van der Waals surface area contributed by atoms with Gasteiger partial charge >= 0.3 is 0 Å². The van der Waals surface area contributed by atoms with E-state index in [1.165, 1.54) is 11.3 Å². The maximum Gasteiger partial charge on any atom is 0.0695 e. The summed E-state index contributed by atoms with van der Waals surface area (Å²) in [6.07, 6.45) is 12.3. The lowest BCUT2D eigenvalue weighted by Crippen LogP contribution is -2.21. The van der Waals surface area contributed by atoms with Gasteiger partial charge in [0, 0.05) is 5.69 Å². The number of para-hydroxylation sites is 1. The molecule has 0 amide bonds. The number of allylic oxidation sites excluding steroid dienone is 3. The third kappa shape index (κ3) is 2.76. The highest BCUT2D eigenvalue weighted by molar-refractivity contribution is 5.72. The van der Waals surface area contributed by atoms with Gasteiger partial charge in [-0.1, -0.05) is 61.2 Å². The molecule has 0 aliphatic carbocycles. The monoisotopic (exact) mass is 223 g/mol. The van der Waals surface area contributed by atoms with E-state index in [1.54, 1.807) is 0 Å². The Morgan fingerprint density at radius 3 is 2.94 bits per heavy atom. The molecule has 1 aliphatic heterocycles. The molecule has 1 aliphatic rings. The summed E-state index contributed by atoms with van der Waals surface area (Å²) in [5, 5.41) is 3.46. The second-order valence-electron chi connectivity index (χ2n) is 4.03. The topological polar surface area (TPSA) is 12.0 Å². The Kier molecular flexibility index (Phi) is 3.61. The molecular weight excluding hydrogens is 206 g/mol. The van der Waals surface area contributed by atoms with Crippen LogP contribution in [0.5, 0.6) is 0 Å². The molecule has 17 heavy (non-hydrogen) atoms. The number of fused-ring (bicyclic) bond motifs is 1. The third-order valence-corrected chi connectivity index (χ3v) is 2.75. The van der Waals surface area contributed by atoms with Gasteiger partial charge in [0.15, 0.2) is 0 Å². The van der Waals surface area contributed by atoms with Crippen molar-refractivity contribution in [3.05, 3.63) is 72.4 Å². The zero-order valence-electron chi connectivity index (χ0n) is 10.1. The van der Waals surface area contributed by atoms with Gasteiger partial charge in [-0.25, -0.2) is 0 Å².